The van der Waals surface area contributed by atoms with Crippen molar-refractivity contribution in [2.24, 2.45) is 0 Å². The summed E-state index contributed by atoms with van der Waals surface area (Å²) in [4.78, 5) is 0.174. The average molecular weight is 318 g/mol. The number of ether oxygens (including phenoxy) is 1. The van der Waals surface area contributed by atoms with Crippen molar-refractivity contribution in [2.75, 3.05) is 38.7 Å². The first-order chi connectivity index (χ1) is 9.99. The molecule has 0 saturated carbocycles. The quantitative estimate of drug-likeness (QED) is 0.444. The van der Waals surface area contributed by atoms with Crippen molar-refractivity contribution < 1.29 is 23.4 Å². The van der Waals surface area contributed by atoms with Crippen LogP contribution in [0.4, 0.5) is 5.69 Å². The van der Waals surface area contributed by atoms with E-state index < -0.39 is 16.1 Å². The van der Waals surface area contributed by atoms with Gasteiger partial charge in [-0.25, -0.2) is 13.1 Å². The molecule has 0 aliphatic carbocycles. The van der Waals surface area contributed by atoms with Crippen LogP contribution in [0.15, 0.2) is 29.2 Å². The van der Waals surface area contributed by atoms with Crippen molar-refractivity contribution in [1.82, 2.24) is 4.72 Å². The summed E-state index contributed by atoms with van der Waals surface area (Å²) in [5.74, 6) is 0. The number of hydrogen-bond acceptors (Lipinski definition) is 6. The first-order valence-electron chi connectivity index (χ1n) is 6.61. The molecule has 21 heavy (non-hydrogen) atoms. The fourth-order valence-electron chi connectivity index (χ4n) is 1.56. The average Bonchev–Trinajstić information content (AvgIpc) is 2.49. The minimum atomic E-state index is -3.52. The molecule has 0 aromatic heterocycles. The lowest BCUT2D eigenvalue weighted by Gasteiger charge is -2.11. The number of sulfonamides is 1. The van der Waals surface area contributed by atoms with Gasteiger partial charge in [0.05, 0.1) is 17.6 Å². The van der Waals surface area contributed by atoms with Crippen LogP contribution >= 0.6 is 0 Å². The highest BCUT2D eigenvalue weighted by Gasteiger charge is 2.12. The number of rotatable bonds is 10. The van der Waals surface area contributed by atoms with Gasteiger partial charge in [-0.2, -0.15) is 0 Å². The van der Waals surface area contributed by atoms with Gasteiger partial charge in [0.1, 0.15) is 0 Å². The number of anilines is 1. The van der Waals surface area contributed by atoms with Gasteiger partial charge in [-0.15, -0.1) is 0 Å². The van der Waals surface area contributed by atoms with E-state index >= 15 is 0 Å². The molecule has 0 spiro atoms. The molecule has 0 radical (unpaired) electrons. The second-order valence-electron chi connectivity index (χ2n) is 4.49. The topological polar surface area (TPSA) is 108 Å². The lowest BCUT2D eigenvalue weighted by Crippen LogP contribution is -2.25. The monoisotopic (exact) mass is 318 g/mol. The smallest absolute Gasteiger partial charge is 0.240 e. The second kappa shape index (κ2) is 8.96. The normalized spacial score (nSPS) is 13.1. The molecule has 7 nitrogen and oxygen atoms in total. The standard InChI is InChI=1S/C13H22N2O5S/c1-20-8-2-7-15-21(18,19)13-5-3-11(4-6-13)14-9-12(17)10-16/h3-6,12,14-17H,2,7-10H2,1H3. The van der Waals surface area contributed by atoms with Crippen molar-refractivity contribution in [3.8, 4) is 0 Å². The minimum absolute atomic E-state index is 0.174. The van der Waals surface area contributed by atoms with Gasteiger partial charge in [0.25, 0.3) is 0 Å². The molecule has 0 aliphatic rings. The molecule has 0 fully saturated rings. The predicted octanol–water partition coefficient (Wildman–Crippen LogP) is -0.233. The van der Waals surface area contributed by atoms with Gasteiger partial charge in [-0.05, 0) is 30.7 Å². The van der Waals surface area contributed by atoms with Crippen LogP contribution in [0.2, 0.25) is 0 Å². The zero-order valence-electron chi connectivity index (χ0n) is 11.9. The Morgan fingerprint density at radius 3 is 2.52 bits per heavy atom. The zero-order valence-corrected chi connectivity index (χ0v) is 12.8. The largest absolute Gasteiger partial charge is 0.394 e. The minimum Gasteiger partial charge on any atom is -0.394 e. The Bertz CT molecular complexity index is 504. The Hall–Kier alpha value is -1.19. The molecule has 4 N–H and O–H groups in total. The molecule has 0 saturated heterocycles. The third-order valence-corrected chi connectivity index (χ3v) is 4.21. The Labute approximate surface area is 125 Å². The van der Waals surface area contributed by atoms with E-state index in [1.807, 2.05) is 0 Å². The van der Waals surface area contributed by atoms with Crippen LogP contribution < -0.4 is 10.0 Å². The summed E-state index contributed by atoms with van der Waals surface area (Å²) in [6.07, 6.45) is -0.245. The van der Waals surface area contributed by atoms with Crippen LogP contribution in [0.25, 0.3) is 0 Å². The second-order valence-corrected chi connectivity index (χ2v) is 6.25. The van der Waals surface area contributed by atoms with Gasteiger partial charge in [-0.3, -0.25) is 0 Å². The van der Waals surface area contributed by atoms with E-state index in [1.54, 1.807) is 19.2 Å². The first kappa shape index (κ1) is 17.9. The van der Waals surface area contributed by atoms with Crippen molar-refractivity contribution in [2.45, 2.75) is 17.4 Å². The molecule has 0 amide bonds. The molecule has 1 atom stereocenters. The van der Waals surface area contributed by atoms with Crippen molar-refractivity contribution in [3.05, 3.63) is 24.3 Å². The van der Waals surface area contributed by atoms with E-state index in [0.717, 1.165) is 0 Å². The lowest BCUT2D eigenvalue weighted by atomic mass is 10.3. The van der Waals surface area contributed by atoms with Crippen LogP contribution in [0.3, 0.4) is 0 Å². The van der Waals surface area contributed by atoms with Crippen molar-refractivity contribution in [1.29, 1.82) is 0 Å². The maximum Gasteiger partial charge on any atom is 0.240 e. The molecule has 1 aromatic rings. The van der Waals surface area contributed by atoms with Crippen LogP contribution in [-0.2, 0) is 14.8 Å². The van der Waals surface area contributed by atoms with E-state index in [2.05, 4.69) is 10.0 Å². The third kappa shape index (κ3) is 6.40. The number of methoxy groups -OCH3 is 1. The fourth-order valence-corrected chi connectivity index (χ4v) is 2.63. The van der Waals surface area contributed by atoms with Crippen LogP contribution in [-0.4, -0.2) is 58.1 Å². The van der Waals surface area contributed by atoms with Gasteiger partial charge in [0.15, 0.2) is 0 Å². The molecule has 1 aromatic carbocycles. The number of benzene rings is 1. The zero-order chi connectivity index (χ0) is 15.7. The molecular weight excluding hydrogens is 296 g/mol. The van der Waals surface area contributed by atoms with Gasteiger partial charge >= 0.3 is 0 Å². The maximum atomic E-state index is 12.0. The van der Waals surface area contributed by atoms with E-state index in [9.17, 15) is 13.5 Å². The number of nitrogens with one attached hydrogen (secondary N) is 2. The number of hydrogen-bond donors (Lipinski definition) is 4. The van der Waals surface area contributed by atoms with Gasteiger partial charge < -0.3 is 20.3 Å². The summed E-state index contributed by atoms with van der Waals surface area (Å²) in [5.41, 5.74) is 0.667. The molecule has 1 rings (SSSR count). The van der Waals surface area contributed by atoms with Crippen LogP contribution in [0.1, 0.15) is 6.42 Å². The van der Waals surface area contributed by atoms with E-state index in [-0.39, 0.29) is 18.0 Å². The Morgan fingerprint density at radius 2 is 1.95 bits per heavy atom. The molecule has 0 bridgehead atoms. The van der Waals surface area contributed by atoms with E-state index in [0.29, 0.717) is 25.3 Å². The summed E-state index contributed by atoms with van der Waals surface area (Å²) in [5, 5.41) is 20.8. The van der Waals surface area contributed by atoms with E-state index in [1.165, 1.54) is 12.1 Å². The summed E-state index contributed by atoms with van der Waals surface area (Å²) in [7, 11) is -1.95. The van der Waals surface area contributed by atoms with Gasteiger partial charge in [-0.1, -0.05) is 0 Å². The molecular formula is C13H22N2O5S. The Balaban J connectivity index is 2.55. The lowest BCUT2D eigenvalue weighted by molar-refractivity contribution is 0.105. The van der Waals surface area contributed by atoms with Crippen LogP contribution in [0.5, 0.6) is 0 Å². The molecule has 8 heteroatoms. The fraction of sp³-hybridized carbons (Fsp3) is 0.538. The van der Waals surface area contributed by atoms with Crippen LogP contribution in [0, 0.1) is 0 Å². The molecule has 0 aliphatic heterocycles. The predicted molar refractivity (Wildman–Crippen MR) is 79.7 cm³/mol. The highest BCUT2D eigenvalue weighted by atomic mass is 32.2. The summed E-state index contributed by atoms with van der Waals surface area (Å²) in [6.45, 7) is 0.681. The molecule has 1 unspecified atom stereocenters. The van der Waals surface area contributed by atoms with Gasteiger partial charge in [0, 0.05) is 32.5 Å². The number of aliphatic hydroxyl groups excluding tert-OH is 2. The highest BCUT2D eigenvalue weighted by Crippen LogP contribution is 2.13. The highest BCUT2D eigenvalue weighted by molar-refractivity contribution is 7.89. The summed E-state index contributed by atoms with van der Waals surface area (Å²) >= 11 is 0. The number of aliphatic hydroxyl groups is 2. The molecule has 0 heterocycles. The van der Waals surface area contributed by atoms with E-state index in [4.69, 9.17) is 9.84 Å². The summed E-state index contributed by atoms with van der Waals surface area (Å²) in [6, 6.07) is 6.17. The third-order valence-electron chi connectivity index (χ3n) is 2.73. The Morgan fingerprint density at radius 1 is 1.29 bits per heavy atom. The first-order valence-corrected chi connectivity index (χ1v) is 8.09. The summed E-state index contributed by atoms with van der Waals surface area (Å²) < 4.78 is 31.3. The Kier molecular flexibility index (Phi) is 7.62. The van der Waals surface area contributed by atoms with Crippen molar-refractivity contribution >= 4 is 15.7 Å². The van der Waals surface area contributed by atoms with Gasteiger partial charge in [0.2, 0.25) is 10.0 Å². The van der Waals surface area contributed by atoms with Crippen molar-refractivity contribution in [3.63, 3.8) is 0 Å². The maximum absolute atomic E-state index is 12.0. The molecule has 120 valence electrons. The SMILES string of the molecule is COCCCNS(=O)(=O)c1ccc(NCC(O)CO)cc1.